The summed E-state index contributed by atoms with van der Waals surface area (Å²) in [4.78, 5) is 56.4. The Hall–Kier alpha value is -3.13. The van der Waals surface area contributed by atoms with Crippen molar-refractivity contribution in [2.75, 3.05) is 78.5 Å². The number of hydrogen-bond donors (Lipinski definition) is 6. The molecule has 198 valence electrons. The van der Waals surface area contributed by atoms with Gasteiger partial charge in [-0.25, -0.2) is 0 Å². The van der Waals surface area contributed by atoms with E-state index in [-0.39, 0.29) is 0 Å². The third-order valence-electron chi connectivity index (χ3n) is 5.86. The summed E-state index contributed by atoms with van der Waals surface area (Å²) in [6.07, 6.45) is 0. The standard InChI is InChI=1S/C23H37N9O4/c33-20-22(35)28-10-14-31(12-8-24-4-6-26-20)16-18-2-1-3-19(30-18)17-32-13-9-25-5-7-27-21(34)23(36)29-11-15-32/h1-3,24-25H,4-17H2,(H,26,33)(H,27,34)(H,28,35)(H,29,36). The molecule has 2 aliphatic heterocycles. The van der Waals surface area contributed by atoms with Crippen LogP contribution >= 0.6 is 0 Å². The van der Waals surface area contributed by atoms with Crippen molar-refractivity contribution in [1.82, 2.24) is 46.7 Å². The van der Waals surface area contributed by atoms with Gasteiger partial charge in [0, 0.05) is 91.6 Å². The van der Waals surface area contributed by atoms with Gasteiger partial charge in [-0.1, -0.05) is 6.07 Å². The molecule has 1 aromatic heterocycles. The van der Waals surface area contributed by atoms with Gasteiger partial charge in [-0.05, 0) is 12.1 Å². The normalized spacial score (nSPS) is 20.9. The first-order chi connectivity index (χ1) is 17.5. The maximum Gasteiger partial charge on any atom is 0.309 e. The lowest BCUT2D eigenvalue weighted by atomic mass is 10.2. The van der Waals surface area contributed by atoms with Gasteiger partial charge in [-0.15, -0.1) is 0 Å². The van der Waals surface area contributed by atoms with Crippen LogP contribution in [0.5, 0.6) is 0 Å². The van der Waals surface area contributed by atoms with E-state index < -0.39 is 23.6 Å². The highest BCUT2D eigenvalue weighted by molar-refractivity contribution is 6.35. The maximum absolute atomic E-state index is 11.9. The minimum Gasteiger partial charge on any atom is -0.347 e. The topological polar surface area (TPSA) is 160 Å². The van der Waals surface area contributed by atoms with Crippen LogP contribution in [0.2, 0.25) is 0 Å². The average Bonchev–Trinajstić information content (AvgIpc) is 2.86. The van der Waals surface area contributed by atoms with E-state index in [0.717, 1.165) is 37.6 Å². The highest BCUT2D eigenvalue weighted by atomic mass is 16.2. The molecule has 0 bridgehead atoms. The molecule has 3 rings (SSSR count). The van der Waals surface area contributed by atoms with Crippen molar-refractivity contribution in [2.45, 2.75) is 13.1 Å². The predicted octanol–water partition coefficient (Wildman–Crippen LogP) is -3.64. The van der Waals surface area contributed by atoms with E-state index in [1.165, 1.54) is 0 Å². The van der Waals surface area contributed by atoms with Crippen LogP contribution in [0.1, 0.15) is 11.4 Å². The van der Waals surface area contributed by atoms with Crippen molar-refractivity contribution in [1.29, 1.82) is 0 Å². The fourth-order valence-corrected chi connectivity index (χ4v) is 3.93. The minimum atomic E-state index is -0.618. The van der Waals surface area contributed by atoms with Crippen molar-refractivity contribution >= 4 is 23.6 Å². The summed E-state index contributed by atoms with van der Waals surface area (Å²) >= 11 is 0. The van der Waals surface area contributed by atoms with E-state index in [4.69, 9.17) is 4.98 Å². The molecule has 2 saturated heterocycles. The number of hydrogen-bond acceptors (Lipinski definition) is 9. The van der Waals surface area contributed by atoms with Crippen molar-refractivity contribution in [3.63, 3.8) is 0 Å². The van der Waals surface area contributed by atoms with Gasteiger partial charge >= 0.3 is 23.6 Å². The monoisotopic (exact) mass is 503 g/mol. The molecule has 0 unspecified atom stereocenters. The van der Waals surface area contributed by atoms with Gasteiger partial charge in [0.25, 0.3) is 0 Å². The Bertz CT molecular complexity index is 831. The second-order valence-corrected chi connectivity index (χ2v) is 8.70. The molecular weight excluding hydrogens is 466 g/mol. The Labute approximate surface area is 211 Å². The summed E-state index contributed by atoms with van der Waals surface area (Å²) in [6.45, 7) is 8.23. The van der Waals surface area contributed by atoms with Crippen LogP contribution in [-0.4, -0.2) is 117 Å². The smallest absolute Gasteiger partial charge is 0.309 e. The number of nitrogens with one attached hydrogen (secondary N) is 6. The summed E-state index contributed by atoms with van der Waals surface area (Å²) < 4.78 is 0. The second kappa shape index (κ2) is 15.1. The average molecular weight is 504 g/mol. The number of nitrogens with zero attached hydrogens (tertiary/aromatic N) is 3. The molecule has 6 N–H and O–H groups in total. The molecule has 3 heterocycles. The number of pyridine rings is 1. The Morgan fingerprint density at radius 2 is 0.944 bits per heavy atom. The third-order valence-corrected chi connectivity index (χ3v) is 5.86. The van der Waals surface area contributed by atoms with Crippen LogP contribution in [-0.2, 0) is 32.3 Å². The van der Waals surface area contributed by atoms with Crippen molar-refractivity contribution in [3.8, 4) is 0 Å². The van der Waals surface area contributed by atoms with Crippen molar-refractivity contribution < 1.29 is 19.2 Å². The van der Waals surface area contributed by atoms with E-state index in [1.54, 1.807) is 0 Å². The highest BCUT2D eigenvalue weighted by Crippen LogP contribution is 2.07. The molecule has 0 aliphatic carbocycles. The number of rotatable bonds is 4. The molecule has 0 radical (unpaired) electrons. The molecule has 2 aliphatic rings. The molecule has 0 aromatic carbocycles. The Morgan fingerprint density at radius 1 is 0.556 bits per heavy atom. The SMILES string of the molecule is O=C1NCCNCCN(Cc2cccc(CN3CCNCCNC(=O)C(=O)NCC3)n2)CCNC1=O. The van der Waals surface area contributed by atoms with E-state index in [1.807, 2.05) is 18.2 Å². The molecular formula is C23H37N9O4. The molecule has 2 fully saturated rings. The second-order valence-electron chi connectivity index (χ2n) is 8.70. The van der Waals surface area contributed by atoms with Gasteiger partial charge in [-0.2, -0.15) is 0 Å². The van der Waals surface area contributed by atoms with E-state index in [2.05, 4.69) is 41.7 Å². The van der Waals surface area contributed by atoms with Crippen LogP contribution in [0, 0.1) is 0 Å². The van der Waals surface area contributed by atoms with Gasteiger partial charge in [0.15, 0.2) is 0 Å². The Kier molecular flexibility index (Phi) is 11.5. The van der Waals surface area contributed by atoms with Crippen LogP contribution in [0.4, 0.5) is 0 Å². The molecule has 1 aromatic rings. The number of carbonyl (C=O) groups excluding carboxylic acids is 4. The zero-order valence-electron chi connectivity index (χ0n) is 20.6. The third kappa shape index (κ3) is 9.85. The van der Waals surface area contributed by atoms with Gasteiger partial charge in [0.05, 0.1) is 11.4 Å². The summed E-state index contributed by atoms with van der Waals surface area (Å²) in [5.41, 5.74) is 1.84. The van der Waals surface area contributed by atoms with Crippen molar-refractivity contribution in [3.05, 3.63) is 29.6 Å². The highest BCUT2D eigenvalue weighted by Gasteiger charge is 2.16. The molecule has 0 atom stereocenters. The summed E-state index contributed by atoms with van der Waals surface area (Å²) in [7, 11) is 0. The number of carbonyl (C=O) groups is 4. The first kappa shape index (κ1) is 27.5. The summed E-state index contributed by atoms with van der Waals surface area (Å²) in [6, 6.07) is 5.95. The molecule has 0 saturated carbocycles. The first-order valence-electron chi connectivity index (χ1n) is 12.4. The van der Waals surface area contributed by atoms with E-state index in [0.29, 0.717) is 65.4 Å². The molecule has 4 amide bonds. The first-order valence-corrected chi connectivity index (χ1v) is 12.4. The largest absolute Gasteiger partial charge is 0.347 e. The molecule has 13 heteroatoms. The summed E-state index contributed by atoms with van der Waals surface area (Å²) in [5, 5.41) is 17.1. The van der Waals surface area contributed by atoms with Crippen molar-refractivity contribution in [2.24, 2.45) is 0 Å². The minimum absolute atomic E-state index is 0.371. The molecule has 0 spiro atoms. The van der Waals surface area contributed by atoms with Gasteiger partial charge in [-0.3, -0.25) is 34.0 Å². The fraction of sp³-hybridized carbons (Fsp3) is 0.609. The van der Waals surface area contributed by atoms with Gasteiger partial charge in [0.1, 0.15) is 0 Å². The Morgan fingerprint density at radius 3 is 1.39 bits per heavy atom. The lowest BCUT2D eigenvalue weighted by Gasteiger charge is -2.25. The van der Waals surface area contributed by atoms with Crippen LogP contribution in [0.25, 0.3) is 0 Å². The number of aromatic nitrogens is 1. The lowest BCUT2D eigenvalue weighted by Crippen LogP contribution is -2.47. The lowest BCUT2D eigenvalue weighted by molar-refractivity contribution is -0.139. The van der Waals surface area contributed by atoms with E-state index in [9.17, 15) is 19.2 Å². The number of amides is 4. The van der Waals surface area contributed by atoms with Crippen LogP contribution < -0.4 is 31.9 Å². The predicted molar refractivity (Wildman–Crippen MR) is 133 cm³/mol. The van der Waals surface area contributed by atoms with Crippen LogP contribution in [0.15, 0.2) is 18.2 Å². The zero-order valence-corrected chi connectivity index (χ0v) is 20.6. The fourth-order valence-electron chi connectivity index (χ4n) is 3.93. The molecule has 13 nitrogen and oxygen atoms in total. The van der Waals surface area contributed by atoms with Gasteiger partial charge < -0.3 is 31.9 Å². The summed E-state index contributed by atoms with van der Waals surface area (Å²) in [5.74, 6) is -2.46. The Balaban J connectivity index is 1.57. The van der Waals surface area contributed by atoms with E-state index >= 15 is 0 Å². The molecule has 36 heavy (non-hydrogen) atoms. The quantitative estimate of drug-likeness (QED) is 0.228. The van der Waals surface area contributed by atoms with Crippen LogP contribution in [0.3, 0.4) is 0 Å². The zero-order chi connectivity index (χ0) is 25.6. The maximum atomic E-state index is 11.9. The van der Waals surface area contributed by atoms with Gasteiger partial charge in [0.2, 0.25) is 0 Å².